The molecular weight excluding hydrogens is 310 g/mol. The largest absolute Gasteiger partial charge is 0.456 e. The van der Waals surface area contributed by atoms with Gasteiger partial charge in [0.2, 0.25) is 0 Å². The summed E-state index contributed by atoms with van der Waals surface area (Å²) in [6.07, 6.45) is 0. The lowest BCUT2D eigenvalue weighted by Gasteiger charge is -2.10. The number of ether oxygens (including phenoxy) is 1. The molecule has 2 aromatic carbocycles. The molecule has 0 aliphatic carbocycles. The Hall–Kier alpha value is -1.85. The van der Waals surface area contributed by atoms with Gasteiger partial charge in [0.15, 0.2) is 0 Å². The third kappa shape index (κ3) is 3.33. The fraction of sp³-hybridized carbons (Fsp3) is 0.0714. The van der Waals surface area contributed by atoms with Crippen molar-refractivity contribution < 1.29 is 14.6 Å². The summed E-state index contributed by atoms with van der Waals surface area (Å²) in [5.74, 6) is 0.352. The normalized spacial score (nSPS) is 10.2. The number of amides is 1. The monoisotopic (exact) mass is 321 g/mol. The van der Waals surface area contributed by atoms with Crippen molar-refractivity contribution in [1.29, 1.82) is 0 Å². The lowest BCUT2D eigenvalue weighted by Crippen LogP contribution is -2.12. The van der Waals surface area contributed by atoms with Crippen molar-refractivity contribution in [1.82, 2.24) is 0 Å². The van der Waals surface area contributed by atoms with Gasteiger partial charge in [-0.1, -0.05) is 28.1 Å². The summed E-state index contributed by atoms with van der Waals surface area (Å²) in [6.45, 7) is -0.0711. The molecule has 4 nitrogen and oxygen atoms in total. The van der Waals surface area contributed by atoms with E-state index in [1.54, 1.807) is 42.5 Å². The molecule has 0 unspecified atom stereocenters. The number of rotatable bonds is 4. The molecule has 0 heterocycles. The molecule has 0 bridgehead atoms. The van der Waals surface area contributed by atoms with Gasteiger partial charge in [0.1, 0.15) is 11.5 Å². The van der Waals surface area contributed by atoms with E-state index in [4.69, 9.17) is 15.6 Å². The van der Waals surface area contributed by atoms with E-state index in [-0.39, 0.29) is 6.61 Å². The first-order chi connectivity index (χ1) is 9.10. The van der Waals surface area contributed by atoms with Gasteiger partial charge < -0.3 is 15.6 Å². The predicted octanol–water partition coefficient (Wildman–Crippen LogP) is 2.83. The molecule has 19 heavy (non-hydrogen) atoms. The zero-order valence-electron chi connectivity index (χ0n) is 9.97. The van der Waals surface area contributed by atoms with E-state index >= 15 is 0 Å². The van der Waals surface area contributed by atoms with Crippen LogP contribution in [0.5, 0.6) is 11.5 Å². The minimum absolute atomic E-state index is 0.0711. The maximum atomic E-state index is 11.3. The quantitative estimate of drug-likeness (QED) is 0.909. The maximum Gasteiger partial charge on any atom is 0.252 e. The zero-order chi connectivity index (χ0) is 13.8. The van der Waals surface area contributed by atoms with Gasteiger partial charge in [0.25, 0.3) is 5.91 Å². The molecule has 0 radical (unpaired) electrons. The Balaban J connectivity index is 2.36. The molecule has 0 fully saturated rings. The van der Waals surface area contributed by atoms with Crippen LogP contribution in [0, 0.1) is 0 Å². The number of nitrogens with two attached hydrogens (primary N) is 1. The number of hydrogen-bond acceptors (Lipinski definition) is 3. The van der Waals surface area contributed by atoms with E-state index in [9.17, 15) is 4.79 Å². The summed E-state index contributed by atoms with van der Waals surface area (Å²) in [6, 6.07) is 12.0. The smallest absolute Gasteiger partial charge is 0.252 e. The highest BCUT2D eigenvalue weighted by Gasteiger charge is 2.11. The van der Waals surface area contributed by atoms with E-state index in [2.05, 4.69) is 15.9 Å². The Morgan fingerprint density at radius 3 is 2.74 bits per heavy atom. The number of carbonyl (C=O) groups is 1. The van der Waals surface area contributed by atoms with Crippen molar-refractivity contribution in [3.05, 3.63) is 58.1 Å². The minimum Gasteiger partial charge on any atom is -0.456 e. The van der Waals surface area contributed by atoms with Crippen LogP contribution >= 0.6 is 15.9 Å². The van der Waals surface area contributed by atoms with Crippen LogP contribution in [0.4, 0.5) is 0 Å². The molecule has 0 spiro atoms. The first-order valence-corrected chi connectivity index (χ1v) is 6.36. The van der Waals surface area contributed by atoms with Gasteiger partial charge >= 0.3 is 0 Å². The number of primary amides is 1. The molecule has 98 valence electrons. The maximum absolute atomic E-state index is 11.3. The average Bonchev–Trinajstić information content (AvgIpc) is 2.38. The second-order valence-corrected chi connectivity index (χ2v) is 4.83. The number of hydrogen-bond donors (Lipinski definition) is 2. The Morgan fingerprint density at radius 1 is 1.26 bits per heavy atom. The molecule has 0 aliphatic rings. The molecule has 0 saturated heterocycles. The Kier molecular flexibility index (Phi) is 4.19. The van der Waals surface area contributed by atoms with E-state index in [0.29, 0.717) is 17.1 Å². The molecule has 0 saturated carbocycles. The van der Waals surface area contributed by atoms with E-state index in [1.165, 1.54) is 0 Å². The van der Waals surface area contributed by atoms with Crippen LogP contribution in [0.25, 0.3) is 0 Å². The van der Waals surface area contributed by atoms with Crippen molar-refractivity contribution in [2.45, 2.75) is 6.61 Å². The summed E-state index contributed by atoms with van der Waals surface area (Å²) in [5, 5.41) is 9.08. The van der Waals surface area contributed by atoms with Crippen LogP contribution in [0.15, 0.2) is 46.9 Å². The van der Waals surface area contributed by atoms with Crippen LogP contribution < -0.4 is 10.5 Å². The van der Waals surface area contributed by atoms with Gasteiger partial charge in [0.05, 0.1) is 12.2 Å². The average molecular weight is 322 g/mol. The van der Waals surface area contributed by atoms with Gasteiger partial charge in [0, 0.05) is 4.47 Å². The first kappa shape index (κ1) is 13.6. The summed E-state index contributed by atoms with van der Waals surface area (Å²) < 4.78 is 6.44. The molecule has 0 atom stereocenters. The lowest BCUT2D eigenvalue weighted by atomic mass is 10.2. The molecule has 2 aromatic rings. The van der Waals surface area contributed by atoms with Crippen LogP contribution in [0.1, 0.15) is 15.9 Å². The van der Waals surface area contributed by atoms with Gasteiger partial charge in [-0.05, 0) is 35.9 Å². The SMILES string of the molecule is NC(=O)c1ccc(Br)cc1Oc1cccc(CO)c1. The van der Waals surface area contributed by atoms with Gasteiger partial charge in [-0.2, -0.15) is 0 Å². The Labute approximate surface area is 118 Å². The van der Waals surface area contributed by atoms with Crippen LogP contribution in [0.2, 0.25) is 0 Å². The van der Waals surface area contributed by atoms with Crippen molar-refractivity contribution in [3.63, 3.8) is 0 Å². The molecule has 5 heteroatoms. The first-order valence-electron chi connectivity index (χ1n) is 5.57. The van der Waals surface area contributed by atoms with Crippen LogP contribution in [0.3, 0.4) is 0 Å². The van der Waals surface area contributed by atoms with Crippen LogP contribution in [-0.2, 0) is 6.61 Å². The van der Waals surface area contributed by atoms with Crippen molar-refractivity contribution in [2.24, 2.45) is 5.73 Å². The second-order valence-electron chi connectivity index (χ2n) is 3.91. The summed E-state index contributed by atoms with van der Waals surface area (Å²) in [4.78, 5) is 11.3. The summed E-state index contributed by atoms with van der Waals surface area (Å²) in [5.41, 5.74) is 6.33. The molecule has 0 aromatic heterocycles. The molecular formula is C14H12BrNO3. The third-order valence-corrected chi connectivity index (χ3v) is 3.01. The van der Waals surface area contributed by atoms with Crippen molar-refractivity contribution >= 4 is 21.8 Å². The molecule has 0 aliphatic heterocycles. The highest BCUT2D eigenvalue weighted by Crippen LogP contribution is 2.28. The zero-order valence-corrected chi connectivity index (χ0v) is 11.6. The van der Waals surface area contributed by atoms with E-state index in [0.717, 1.165) is 10.0 Å². The van der Waals surface area contributed by atoms with Crippen LogP contribution in [-0.4, -0.2) is 11.0 Å². The summed E-state index contributed by atoms with van der Waals surface area (Å²) in [7, 11) is 0. The standard InChI is InChI=1S/C14H12BrNO3/c15-10-4-5-12(14(16)18)13(7-10)19-11-3-1-2-9(6-11)8-17/h1-7,17H,8H2,(H2,16,18). The Morgan fingerprint density at radius 2 is 2.05 bits per heavy atom. The molecule has 2 rings (SSSR count). The lowest BCUT2D eigenvalue weighted by molar-refractivity contribution is 0.0998. The van der Waals surface area contributed by atoms with Crippen molar-refractivity contribution in [3.8, 4) is 11.5 Å². The molecule has 1 amide bonds. The van der Waals surface area contributed by atoms with Gasteiger partial charge in [-0.3, -0.25) is 4.79 Å². The summed E-state index contributed by atoms with van der Waals surface area (Å²) >= 11 is 3.31. The van der Waals surface area contributed by atoms with E-state index in [1.807, 2.05) is 0 Å². The number of carbonyl (C=O) groups excluding carboxylic acids is 1. The molecule has 3 N–H and O–H groups in total. The third-order valence-electron chi connectivity index (χ3n) is 2.52. The predicted molar refractivity (Wildman–Crippen MR) is 75.1 cm³/mol. The van der Waals surface area contributed by atoms with E-state index < -0.39 is 5.91 Å². The number of halogens is 1. The second kappa shape index (κ2) is 5.86. The number of aliphatic hydroxyl groups is 1. The van der Waals surface area contributed by atoms with Gasteiger partial charge in [-0.15, -0.1) is 0 Å². The number of aliphatic hydroxyl groups excluding tert-OH is 1. The fourth-order valence-corrected chi connectivity index (χ4v) is 1.96. The number of benzene rings is 2. The Bertz CT molecular complexity index is 613. The highest BCUT2D eigenvalue weighted by molar-refractivity contribution is 9.10. The highest BCUT2D eigenvalue weighted by atomic mass is 79.9. The minimum atomic E-state index is -0.555. The topological polar surface area (TPSA) is 72.6 Å². The fourth-order valence-electron chi connectivity index (χ4n) is 1.62. The van der Waals surface area contributed by atoms with Crippen molar-refractivity contribution in [2.75, 3.05) is 0 Å². The van der Waals surface area contributed by atoms with Gasteiger partial charge in [-0.25, -0.2) is 0 Å².